The molecule has 1 atom stereocenters. The second kappa shape index (κ2) is 7.77. The number of halogens is 3. The molecule has 2 aromatic rings. The molecule has 2 rings (SSSR count). The lowest BCUT2D eigenvalue weighted by molar-refractivity contribution is -0.122. The van der Waals surface area contributed by atoms with Gasteiger partial charge in [0.05, 0.1) is 11.9 Å². The van der Waals surface area contributed by atoms with Crippen molar-refractivity contribution in [2.24, 2.45) is 0 Å². The second-order valence-electron chi connectivity index (χ2n) is 5.68. The SMILES string of the molecule is C[C@@H](C(=O)NCc1ccc(F)cc1)N(c1ccc(F)c(F)c1)S(C)(=O)=O. The minimum Gasteiger partial charge on any atom is -0.350 e. The van der Waals surface area contributed by atoms with Gasteiger partial charge in [0.2, 0.25) is 15.9 Å². The molecule has 0 saturated heterocycles. The fraction of sp³-hybridized carbons (Fsp3) is 0.235. The second-order valence-corrected chi connectivity index (χ2v) is 7.54. The molecule has 0 unspecified atom stereocenters. The Balaban J connectivity index is 2.20. The monoisotopic (exact) mass is 386 g/mol. The highest BCUT2D eigenvalue weighted by Gasteiger charge is 2.29. The lowest BCUT2D eigenvalue weighted by Gasteiger charge is -2.28. The van der Waals surface area contributed by atoms with E-state index in [1.807, 2.05) is 0 Å². The number of hydrogen-bond acceptors (Lipinski definition) is 3. The van der Waals surface area contributed by atoms with Gasteiger partial charge in [0.15, 0.2) is 11.6 Å². The summed E-state index contributed by atoms with van der Waals surface area (Å²) >= 11 is 0. The summed E-state index contributed by atoms with van der Waals surface area (Å²) in [5.41, 5.74) is 0.446. The third-order valence-corrected chi connectivity index (χ3v) is 4.87. The predicted octanol–water partition coefficient (Wildman–Crippen LogP) is 2.57. The number of rotatable bonds is 6. The number of nitrogens with one attached hydrogen (secondary N) is 1. The summed E-state index contributed by atoms with van der Waals surface area (Å²) in [7, 11) is -3.95. The molecule has 9 heteroatoms. The zero-order valence-corrected chi connectivity index (χ0v) is 14.9. The molecule has 0 bridgehead atoms. The van der Waals surface area contributed by atoms with Crippen LogP contribution in [0.2, 0.25) is 0 Å². The first kappa shape index (κ1) is 19.8. The van der Waals surface area contributed by atoms with Crippen molar-refractivity contribution in [2.75, 3.05) is 10.6 Å². The summed E-state index contributed by atoms with van der Waals surface area (Å²) in [5.74, 6) is -3.43. The molecule has 0 saturated carbocycles. The first-order valence-corrected chi connectivity index (χ1v) is 9.41. The minimum atomic E-state index is -3.95. The molecule has 0 aliphatic rings. The molecule has 0 heterocycles. The third-order valence-electron chi connectivity index (χ3n) is 3.63. The zero-order chi connectivity index (χ0) is 19.5. The average Bonchev–Trinajstić information content (AvgIpc) is 2.56. The molecule has 1 N–H and O–H groups in total. The van der Waals surface area contributed by atoms with Crippen LogP contribution in [0.5, 0.6) is 0 Å². The normalized spacial score (nSPS) is 12.5. The van der Waals surface area contributed by atoms with Crippen LogP contribution < -0.4 is 9.62 Å². The van der Waals surface area contributed by atoms with E-state index in [1.165, 1.54) is 31.2 Å². The van der Waals surface area contributed by atoms with Gasteiger partial charge in [-0.15, -0.1) is 0 Å². The highest BCUT2D eigenvalue weighted by atomic mass is 32.2. The fourth-order valence-electron chi connectivity index (χ4n) is 2.37. The molecule has 0 aliphatic heterocycles. The lowest BCUT2D eigenvalue weighted by Crippen LogP contribution is -2.47. The van der Waals surface area contributed by atoms with Gasteiger partial charge in [-0.2, -0.15) is 0 Å². The first-order valence-electron chi connectivity index (χ1n) is 7.56. The van der Waals surface area contributed by atoms with Crippen LogP contribution >= 0.6 is 0 Å². The lowest BCUT2D eigenvalue weighted by atomic mass is 10.2. The van der Waals surface area contributed by atoms with E-state index in [1.54, 1.807) is 0 Å². The van der Waals surface area contributed by atoms with Crippen LogP contribution in [0, 0.1) is 17.5 Å². The van der Waals surface area contributed by atoms with E-state index in [9.17, 15) is 26.4 Å². The molecule has 0 spiro atoms. The van der Waals surface area contributed by atoms with Gasteiger partial charge < -0.3 is 5.32 Å². The van der Waals surface area contributed by atoms with Crippen LogP contribution in [0.3, 0.4) is 0 Å². The molecule has 0 fully saturated rings. The van der Waals surface area contributed by atoms with Crippen molar-refractivity contribution >= 4 is 21.6 Å². The molecular weight excluding hydrogens is 369 g/mol. The van der Waals surface area contributed by atoms with Crippen molar-refractivity contribution < 1.29 is 26.4 Å². The van der Waals surface area contributed by atoms with Crippen LogP contribution in [-0.2, 0) is 21.4 Å². The third kappa shape index (κ3) is 4.75. The highest BCUT2D eigenvalue weighted by molar-refractivity contribution is 7.92. The molecule has 5 nitrogen and oxygen atoms in total. The van der Waals surface area contributed by atoms with Gasteiger partial charge in [0.1, 0.15) is 11.9 Å². The van der Waals surface area contributed by atoms with E-state index in [0.29, 0.717) is 15.9 Å². The van der Waals surface area contributed by atoms with Crippen molar-refractivity contribution in [3.05, 3.63) is 65.5 Å². The molecule has 0 radical (unpaired) electrons. The van der Waals surface area contributed by atoms with Crippen LogP contribution in [0.1, 0.15) is 12.5 Å². The van der Waals surface area contributed by atoms with Gasteiger partial charge in [0, 0.05) is 12.6 Å². The van der Waals surface area contributed by atoms with Gasteiger partial charge in [-0.05, 0) is 36.8 Å². The Morgan fingerprint density at radius 3 is 2.23 bits per heavy atom. The van der Waals surface area contributed by atoms with Crippen molar-refractivity contribution in [1.29, 1.82) is 0 Å². The van der Waals surface area contributed by atoms with Crippen molar-refractivity contribution in [3.8, 4) is 0 Å². The standard InChI is InChI=1S/C17H17F3N2O3S/c1-11(17(23)21-10-12-3-5-13(18)6-4-12)22(26(2,24)25)14-7-8-15(19)16(20)9-14/h3-9,11H,10H2,1-2H3,(H,21,23)/t11-/m0/s1. The van der Waals surface area contributed by atoms with Gasteiger partial charge in [0.25, 0.3) is 0 Å². The Labute approximate surface area is 149 Å². The van der Waals surface area contributed by atoms with Crippen molar-refractivity contribution in [2.45, 2.75) is 19.5 Å². The van der Waals surface area contributed by atoms with Crippen LogP contribution in [0.25, 0.3) is 0 Å². The summed E-state index contributed by atoms with van der Waals surface area (Å²) in [5, 5.41) is 2.53. The summed E-state index contributed by atoms with van der Waals surface area (Å²) in [6, 6.07) is 6.77. The maximum Gasteiger partial charge on any atom is 0.243 e. The van der Waals surface area contributed by atoms with Gasteiger partial charge in [-0.1, -0.05) is 12.1 Å². The molecule has 140 valence electrons. The summed E-state index contributed by atoms with van der Waals surface area (Å²) in [4.78, 5) is 12.3. The maximum absolute atomic E-state index is 13.5. The van der Waals surface area contributed by atoms with Crippen LogP contribution in [0.4, 0.5) is 18.9 Å². The predicted molar refractivity (Wildman–Crippen MR) is 91.4 cm³/mol. The van der Waals surface area contributed by atoms with E-state index < -0.39 is 39.4 Å². The number of carbonyl (C=O) groups is 1. The Morgan fingerprint density at radius 1 is 1.08 bits per heavy atom. The van der Waals surface area contributed by atoms with Crippen LogP contribution in [0.15, 0.2) is 42.5 Å². The number of amides is 1. The number of sulfonamides is 1. The van der Waals surface area contributed by atoms with Crippen molar-refractivity contribution in [3.63, 3.8) is 0 Å². The summed E-state index contributed by atoms with van der Waals surface area (Å²) in [6.45, 7) is 1.38. The molecule has 1 amide bonds. The fourth-order valence-corrected chi connectivity index (χ4v) is 3.54. The molecule has 2 aromatic carbocycles. The van der Waals surface area contributed by atoms with E-state index in [4.69, 9.17) is 0 Å². The number of benzene rings is 2. The topological polar surface area (TPSA) is 66.5 Å². The van der Waals surface area contributed by atoms with Crippen molar-refractivity contribution in [1.82, 2.24) is 5.32 Å². The number of hydrogen-bond donors (Lipinski definition) is 1. The van der Waals surface area contributed by atoms with E-state index in [-0.39, 0.29) is 12.2 Å². The Kier molecular flexibility index (Phi) is 5.91. The van der Waals surface area contributed by atoms with E-state index >= 15 is 0 Å². The molecule has 0 aromatic heterocycles. The molecule has 26 heavy (non-hydrogen) atoms. The quantitative estimate of drug-likeness (QED) is 0.830. The number of anilines is 1. The largest absolute Gasteiger partial charge is 0.350 e. The van der Waals surface area contributed by atoms with Gasteiger partial charge >= 0.3 is 0 Å². The Morgan fingerprint density at radius 2 is 1.69 bits per heavy atom. The van der Waals surface area contributed by atoms with E-state index in [2.05, 4.69) is 5.32 Å². The Hall–Kier alpha value is -2.55. The smallest absolute Gasteiger partial charge is 0.243 e. The minimum absolute atomic E-state index is 0.0544. The van der Waals surface area contributed by atoms with Gasteiger partial charge in [-0.3, -0.25) is 9.10 Å². The molecule has 0 aliphatic carbocycles. The first-order chi connectivity index (χ1) is 12.1. The van der Waals surface area contributed by atoms with Gasteiger partial charge in [-0.25, -0.2) is 21.6 Å². The Bertz CT molecular complexity index is 902. The number of carbonyl (C=O) groups excluding carboxylic acids is 1. The number of nitrogens with zero attached hydrogens (tertiary/aromatic N) is 1. The average molecular weight is 386 g/mol. The maximum atomic E-state index is 13.5. The zero-order valence-electron chi connectivity index (χ0n) is 14.0. The summed E-state index contributed by atoms with van der Waals surface area (Å²) < 4.78 is 64.3. The highest BCUT2D eigenvalue weighted by Crippen LogP contribution is 2.23. The summed E-state index contributed by atoms with van der Waals surface area (Å²) in [6.07, 6.45) is 0.859. The van der Waals surface area contributed by atoms with Crippen LogP contribution in [-0.4, -0.2) is 26.6 Å². The van der Waals surface area contributed by atoms with E-state index in [0.717, 1.165) is 18.4 Å². The molecular formula is C17H17F3N2O3S.